The number of nitrogens with zero attached hydrogens (tertiary/aromatic N) is 4. The Morgan fingerprint density at radius 1 is 1.20 bits per heavy atom. The van der Waals surface area contributed by atoms with Gasteiger partial charge in [-0.1, -0.05) is 28.9 Å². The molecule has 2 aromatic rings. The lowest BCUT2D eigenvalue weighted by Gasteiger charge is -2.35. The van der Waals surface area contributed by atoms with Gasteiger partial charge in [0, 0.05) is 50.4 Å². The minimum absolute atomic E-state index is 0. The quantitative estimate of drug-likeness (QED) is 0.314. The molecular weight excluding hydrogens is 541 g/mol. The molecule has 1 saturated heterocycles. The van der Waals surface area contributed by atoms with Crippen LogP contribution in [0.3, 0.4) is 0 Å². The SMILES string of the molecule is CCNC(=NCCc1ccc(Cl)cc1)N1CCN(S(=O)(=O)Cc2ccon2)CC1.I. The van der Waals surface area contributed by atoms with Gasteiger partial charge in [-0.15, -0.1) is 24.0 Å². The third-order valence-electron chi connectivity index (χ3n) is 4.66. The van der Waals surface area contributed by atoms with Gasteiger partial charge in [0.15, 0.2) is 5.96 Å². The van der Waals surface area contributed by atoms with Crippen LogP contribution in [0.25, 0.3) is 0 Å². The lowest BCUT2D eigenvalue weighted by Crippen LogP contribution is -2.54. The maximum absolute atomic E-state index is 12.6. The standard InChI is InChI=1S/C19H26ClN5O3S.HI/c1-2-21-19(22-9-7-16-3-5-17(20)6-4-16)24-10-12-25(13-11-24)29(26,27)15-18-8-14-28-23-18;/h3-6,8,14H,2,7,9-13,15H2,1H3,(H,21,22);1H. The van der Waals surface area contributed by atoms with Crippen molar-refractivity contribution in [2.75, 3.05) is 39.3 Å². The average molecular weight is 568 g/mol. The number of halogens is 2. The van der Waals surface area contributed by atoms with E-state index in [1.54, 1.807) is 6.07 Å². The van der Waals surface area contributed by atoms with Crippen LogP contribution in [0.15, 0.2) is 46.1 Å². The van der Waals surface area contributed by atoms with Crippen LogP contribution in [0.2, 0.25) is 5.02 Å². The van der Waals surface area contributed by atoms with E-state index in [4.69, 9.17) is 21.1 Å². The molecule has 2 heterocycles. The monoisotopic (exact) mass is 567 g/mol. The van der Waals surface area contributed by atoms with Crippen molar-refractivity contribution in [3.8, 4) is 0 Å². The normalized spacial score (nSPS) is 15.7. The molecule has 0 bridgehead atoms. The molecule has 1 aromatic heterocycles. The minimum atomic E-state index is -3.41. The van der Waals surface area contributed by atoms with Gasteiger partial charge >= 0.3 is 0 Å². The van der Waals surface area contributed by atoms with Crippen molar-refractivity contribution in [1.82, 2.24) is 19.7 Å². The van der Waals surface area contributed by atoms with Gasteiger partial charge in [0.1, 0.15) is 12.0 Å². The Labute approximate surface area is 199 Å². The number of hydrogen-bond acceptors (Lipinski definition) is 5. The van der Waals surface area contributed by atoms with Crippen LogP contribution in [0.1, 0.15) is 18.2 Å². The third kappa shape index (κ3) is 7.10. The molecule has 0 aliphatic carbocycles. The van der Waals surface area contributed by atoms with Gasteiger partial charge in [0.2, 0.25) is 10.0 Å². The molecule has 1 N–H and O–H groups in total. The summed E-state index contributed by atoms with van der Waals surface area (Å²) >= 11 is 5.92. The minimum Gasteiger partial charge on any atom is -0.364 e. The molecule has 1 aliphatic heterocycles. The number of piperazine rings is 1. The van der Waals surface area contributed by atoms with E-state index in [1.165, 1.54) is 16.1 Å². The molecule has 0 amide bonds. The molecule has 0 spiro atoms. The van der Waals surface area contributed by atoms with Crippen molar-refractivity contribution in [2.45, 2.75) is 19.1 Å². The summed E-state index contributed by atoms with van der Waals surface area (Å²) < 4.78 is 31.4. The van der Waals surface area contributed by atoms with Crippen molar-refractivity contribution in [2.24, 2.45) is 4.99 Å². The smallest absolute Gasteiger partial charge is 0.220 e. The first kappa shape index (κ1) is 24.9. The predicted octanol–water partition coefficient (Wildman–Crippen LogP) is 2.60. The second-order valence-corrected chi connectivity index (χ2v) is 9.15. The Hall–Kier alpha value is -1.37. The maximum atomic E-state index is 12.6. The van der Waals surface area contributed by atoms with E-state index in [0.29, 0.717) is 38.4 Å². The average Bonchev–Trinajstić information content (AvgIpc) is 3.21. The second-order valence-electron chi connectivity index (χ2n) is 6.75. The highest BCUT2D eigenvalue weighted by molar-refractivity contribution is 14.0. The summed E-state index contributed by atoms with van der Waals surface area (Å²) in [7, 11) is -3.41. The fraction of sp³-hybridized carbons (Fsp3) is 0.474. The Morgan fingerprint density at radius 3 is 2.50 bits per heavy atom. The van der Waals surface area contributed by atoms with Crippen molar-refractivity contribution >= 4 is 51.6 Å². The summed E-state index contributed by atoms with van der Waals surface area (Å²) in [4.78, 5) is 6.82. The van der Waals surface area contributed by atoms with E-state index in [0.717, 1.165) is 23.9 Å². The van der Waals surface area contributed by atoms with Crippen molar-refractivity contribution in [3.05, 3.63) is 52.9 Å². The number of benzene rings is 1. The van der Waals surface area contributed by atoms with Gasteiger partial charge in [-0.2, -0.15) is 4.31 Å². The lowest BCUT2D eigenvalue weighted by molar-refractivity contribution is 0.260. The molecule has 0 atom stereocenters. The van der Waals surface area contributed by atoms with Gasteiger partial charge in [0.25, 0.3) is 0 Å². The fourth-order valence-corrected chi connectivity index (χ4v) is 4.69. The molecule has 30 heavy (non-hydrogen) atoms. The molecule has 1 fully saturated rings. The van der Waals surface area contributed by atoms with Gasteiger partial charge in [-0.3, -0.25) is 4.99 Å². The summed E-state index contributed by atoms with van der Waals surface area (Å²) in [5.74, 6) is 0.675. The number of aliphatic imine (C=N–C) groups is 1. The Balaban J connectivity index is 0.00000320. The molecule has 1 aliphatic rings. The molecular formula is C19H27ClIN5O3S. The summed E-state index contributed by atoms with van der Waals surface area (Å²) in [5.41, 5.74) is 1.60. The maximum Gasteiger partial charge on any atom is 0.220 e. The van der Waals surface area contributed by atoms with Crippen LogP contribution >= 0.6 is 35.6 Å². The molecule has 0 saturated carbocycles. The fourth-order valence-electron chi connectivity index (χ4n) is 3.14. The topological polar surface area (TPSA) is 91.0 Å². The molecule has 8 nitrogen and oxygen atoms in total. The summed E-state index contributed by atoms with van der Waals surface area (Å²) in [6, 6.07) is 9.34. The van der Waals surface area contributed by atoms with E-state index >= 15 is 0 Å². The highest BCUT2D eigenvalue weighted by Crippen LogP contribution is 2.13. The van der Waals surface area contributed by atoms with Gasteiger partial charge in [-0.25, -0.2) is 8.42 Å². The van der Waals surface area contributed by atoms with E-state index < -0.39 is 10.0 Å². The van der Waals surface area contributed by atoms with Gasteiger partial charge in [0.05, 0.1) is 5.69 Å². The van der Waals surface area contributed by atoms with Gasteiger partial charge < -0.3 is 14.7 Å². The second kappa shape index (κ2) is 11.9. The van der Waals surface area contributed by atoms with E-state index in [-0.39, 0.29) is 29.7 Å². The molecule has 0 unspecified atom stereocenters. The lowest BCUT2D eigenvalue weighted by atomic mass is 10.1. The Morgan fingerprint density at radius 2 is 1.90 bits per heavy atom. The summed E-state index contributed by atoms with van der Waals surface area (Å²) in [6.45, 7) is 5.44. The first-order valence-electron chi connectivity index (χ1n) is 9.62. The molecule has 0 radical (unpaired) electrons. The number of guanidine groups is 1. The zero-order valence-electron chi connectivity index (χ0n) is 16.8. The van der Waals surface area contributed by atoms with Gasteiger partial charge in [-0.05, 0) is 31.0 Å². The third-order valence-corrected chi connectivity index (χ3v) is 6.73. The van der Waals surface area contributed by atoms with Crippen molar-refractivity contribution in [3.63, 3.8) is 0 Å². The van der Waals surface area contributed by atoms with E-state index in [9.17, 15) is 8.42 Å². The van der Waals surface area contributed by atoms with Crippen LogP contribution in [0.5, 0.6) is 0 Å². The summed E-state index contributed by atoms with van der Waals surface area (Å²) in [5, 5.41) is 7.73. The molecule has 11 heteroatoms. The number of hydrogen-bond donors (Lipinski definition) is 1. The van der Waals surface area contributed by atoms with E-state index in [1.807, 2.05) is 31.2 Å². The molecule has 166 valence electrons. The first-order valence-corrected chi connectivity index (χ1v) is 11.6. The van der Waals surface area contributed by atoms with Crippen LogP contribution in [0.4, 0.5) is 0 Å². The highest BCUT2D eigenvalue weighted by atomic mass is 127. The summed E-state index contributed by atoms with van der Waals surface area (Å²) in [6.07, 6.45) is 2.20. The van der Waals surface area contributed by atoms with Crippen LogP contribution in [-0.4, -0.2) is 68.0 Å². The first-order chi connectivity index (χ1) is 14.0. The molecule has 1 aromatic carbocycles. The van der Waals surface area contributed by atoms with Crippen molar-refractivity contribution < 1.29 is 12.9 Å². The number of sulfonamides is 1. The highest BCUT2D eigenvalue weighted by Gasteiger charge is 2.28. The largest absolute Gasteiger partial charge is 0.364 e. The predicted molar refractivity (Wildman–Crippen MR) is 129 cm³/mol. The zero-order chi connectivity index (χ0) is 20.7. The van der Waals surface area contributed by atoms with Crippen LogP contribution in [-0.2, 0) is 22.2 Å². The Bertz CT molecular complexity index is 899. The zero-order valence-corrected chi connectivity index (χ0v) is 20.7. The Kier molecular flexibility index (Phi) is 9.85. The van der Waals surface area contributed by atoms with Crippen LogP contribution in [0, 0.1) is 0 Å². The van der Waals surface area contributed by atoms with Crippen LogP contribution < -0.4 is 5.32 Å². The van der Waals surface area contributed by atoms with E-state index in [2.05, 4.69) is 15.4 Å². The van der Waals surface area contributed by atoms with Crippen molar-refractivity contribution in [1.29, 1.82) is 0 Å². The number of rotatable bonds is 7. The number of nitrogens with one attached hydrogen (secondary N) is 1. The molecule has 3 rings (SSSR count). The number of aromatic nitrogens is 1.